The Balaban J connectivity index is 0.00000363. The van der Waals surface area contributed by atoms with Crippen molar-refractivity contribution in [3.8, 4) is 0 Å². The second-order valence-electron chi connectivity index (χ2n) is 7.54. The fraction of sp³-hybridized carbons (Fsp3) is 0.417. The maximum absolute atomic E-state index is 12.6. The standard InChI is InChI=1S/C24H33N5O2.HI/c1-2-25-24(26-14-13-22(30)20-9-5-3-6-10-20)27-19-23(31)29-17-15-28(16-18-29)21-11-7-4-8-12-21;/h3-12,22,30H,2,13-19H2,1H3,(H2,25,26,27);1H. The molecule has 2 aromatic rings. The maximum Gasteiger partial charge on any atom is 0.244 e. The number of piperazine rings is 1. The Morgan fingerprint density at radius 3 is 2.25 bits per heavy atom. The number of hydrogen-bond donors (Lipinski definition) is 3. The van der Waals surface area contributed by atoms with E-state index in [-0.39, 0.29) is 36.4 Å². The number of para-hydroxylation sites is 1. The van der Waals surface area contributed by atoms with E-state index < -0.39 is 6.10 Å². The Bertz CT molecular complexity index is 827. The third-order valence-electron chi connectivity index (χ3n) is 5.36. The maximum atomic E-state index is 12.6. The van der Waals surface area contributed by atoms with E-state index in [2.05, 4.69) is 32.7 Å². The van der Waals surface area contributed by atoms with Gasteiger partial charge in [0.15, 0.2) is 5.96 Å². The van der Waals surface area contributed by atoms with E-state index in [4.69, 9.17) is 0 Å². The highest BCUT2D eigenvalue weighted by Gasteiger charge is 2.21. The average molecular weight is 551 g/mol. The van der Waals surface area contributed by atoms with Crippen molar-refractivity contribution < 1.29 is 9.90 Å². The molecule has 1 saturated heterocycles. The van der Waals surface area contributed by atoms with E-state index in [9.17, 15) is 9.90 Å². The summed E-state index contributed by atoms with van der Waals surface area (Å²) in [6.07, 6.45) is 0.0308. The zero-order valence-corrected chi connectivity index (χ0v) is 20.9. The minimum absolute atomic E-state index is 0. The quantitative estimate of drug-likeness (QED) is 0.267. The number of benzene rings is 2. The van der Waals surface area contributed by atoms with E-state index in [1.165, 1.54) is 5.69 Å². The molecule has 1 aliphatic rings. The molecule has 7 nitrogen and oxygen atoms in total. The summed E-state index contributed by atoms with van der Waals surface area (Å²) < 4.78 is 0. The average Bonchev–Trinajstić information content (AvgIpc) is 2.83. The lowest BCUT2D eigenvalue weighted by atomic mass is 10.1. The van der Waals surface area contributed by atoms with Gasteiger partial charge in [0.05, 0.1) is 6.10 Å². The van der Waals surface area contributed by atoms with Crippen LogP contribution in [0, 0.1) is 0 Å². The second kappa shape index (κ2) is 13.9. The van der Waals surface area contributed by atoms with Gasteiger partial charge < -0.3 is 25.5 Å². The number of hydrogen-bond acceptors (Lipinski definition) is 4. The molecule has 2 aromatic carbocycles. The first-order valence-electron chi connectivity index (χ1n) is 11.0. The smallest absolute Gasteiger partial charge is 0.244 e. The Kier molecular flexibility index (Phi) is 11.3. The van der Waals surface area contributed by atoms with E-state index in [1.807, 2.05) is 60.4 Å². The van der Waals surface area contributed by atoms with Crippen LogP contribution in [0.4, 0.5) is 5.69 Å². The molecule has 174 valence electrons. The molecule has 1 heterocycles. The first-order chi connectivity index (χ1) is 15.2. The van der Waals surface area contributed by atoms with Crippen LogP contribution < -0.4 is 15.5 Å². The van der Waals surface area contributed by atoms with Crippen molar-refractivity contribution in [2.45, 2.75) is 19.4 Å². The third kappa shape index (κ3) is 7.98. The highest BCUT2D eigenvalue weighted by molar-refractivity contribution is 14.0. The van der Waals surface area contributed by atoms with Crippen molar-refractivity contribution in [2.75, 3.05) is 50.7 Å². The monoisotopic (exact) mass is 551 g/mol. The van der Waals surface area contributed by atoms with Gasteiger partial charge in [0.25, 0.3) is 0 Å². The summed E-state index contributed by atoms with van der Waals surface area (Å²) in [5.41, 5.74) is 2.10. The van der Waals surface area contributed by atoms with Gasteiger partial charge in [-0.1, -0.05) is 48.5 Å². The molecule has 1 atom stereocenters. The van der Waals surface area contributed by atoms with E-state index in [0.717, 1.165) is 18.7 Å². The number of aliphatic hydroxyl groups excluding tert-OH is 1. The van der Waals surface area contributed by atoms with Crippen LogP contribution in [-0.2, 0) is 4.79 Å². The Hall–Kier alpha value is -2.33. The summed E-state index contributed by atoms with van der Waals surface area (Å²) >= 11 is 0. The molecule has 3 rings (SSSR count). The van der Waals surface area contributed by atoms with Crippen molar-refractivity contribution in [1.82, 2.24) is 15.5 Å². The molecule has 0 aromatic heterocycles. The van der Waals surface area contributed by atoms with Crippen molar-refractivity contribution in [3.05, 3.63) is 66.2 Å². The summed E-state index contributed by atoms with van der Waals surface area (Å²) in [6, 6.07) is 19.9. The summed E-state index contributed by atoms with van der Waals surface area (Å²) in [5.74, 6) is 0.633. The van der Waals surface area contributed by atoms with Crippen LogP contribution in [0.3, 0.4) is 0 Å². The largest absolute Gasteiger partial charge is 0.388 e. The van der Waals surface area contributed by atoms with Crippen molar-refractivity contribution in [1.29, 1.82) is 0 Å². The molecule has 1 aliphatic heterocycles. The Morgan fingerprint density at radius 1 is 1.00 bits per heavy atom. The van der Waals surface area contributed by atoms with Gasteiger partial charge in [-0.3, -0.25) is 4.79 Å². The SMILES string of the molecule is CCNC(=NCC(=O)N1CCN(c2ccccc2)CC1)NCCC(O)c1ccccc1.I. The molecule has 0 radical (unpaired) electrons. The zero-order chi connectivity index (χ0) is 21.9. The number of carbonyl (C=O) groups excluding carboxylic acids is 1. The van der Waals surface area contributed by atoms with Crippen molar-refractivity contribution >= 4 is 41.5 Å². The molecule has 3 N–H and O–H groups in total. The molecule has 0 saturated carbocycles. The zero-order valence-electron chi connectivity index (χ0n) is 18.6. The van der Waals surface area contributed by atoms with Gasteiger partial charge in [-0.2, -0.15) is 0 Å². The van der Waals surface area contributed by atoms with Gasteiger partial charge in [-0.15, -0.1) is 24.0 Å². The van der Waals surface area contributed by atoms with Gasteiger partial charge in [0.2, 0.25) is 5.91 Å². The number of amides is 1. The number of anilines is 1. The molecule has 1 unspecified atom stereocenters. The van der Waals surface area contributed by atoms with Crippen LogP contribution in [0.2, 0.25) is 0 Å². The molecule has 1 amide bonds. The van der Waals surface area contributed by atoms with Gasteiger partial charge >= 0.3 is 0 Å². The lowest BCUT2D eigenvalue weighted by Gasteiger charge is -2.36. The van der Waals surface area contributed by atoms with Crippen molar-refractivity contribution in [2.24, 2.45) is 4.99 Å². The topological polar surface area (TPSA) is 80.2 Å². The van der Waals surface area contributed by atoms with Crippen LogP contribution in [0.15, 0.2) is 65.7 Å². The number of guanidine groups is 1. The molecule has 8 heteroatoms. The van der Waals surface area contributed by atoms with Gasteiger partial charge in [-0.05, 0) is 31.0 Å². The fourth-order valence-corrected chi connectivity index (χ4v) is 3.61. The first kappa shape index (κ1) is 25.9. The molecule has 0 spiro atoms. The predicted octanol–water partition coefficient (Wildman–Crippen LogP) is 2.63. The third-order valence-corrected chi connectivity index (χ3v) is 5.36. The number of aliphatic imine (C=N–C) groups is 1. The number of carbonyl (C=O) groups is 1. The Morgan fingerprint density at radius 2 is 1.62 bits per heavy atom. The predicted molar refractivity (Wildman–Crippen MR) is 141 cm³/mol. The number of rotatable bonds is 8. The summed E-state index contributed by atoms with van der Waals surface area (Å²) in [4.78, 5) is 21.2. The minimum Gasteiger partial charge on any atom is -0.388 e. The van der Waals surface area contributed by atoms with Crippen LogP contribution in [0.5, 0.6) is 0 Å². The van der Waals surface area contributed by atoms with Crippen LogP contribution in [0.25, 0.3) is 0 Å². The van der Waals surface area contributed by atoms with Crippen molar-refractivity contribution in [3.63, 3.8) is 0 Å². The normalized spacial score (nSPS) is 15.0. The van der Waals surface area contributed by atoms with E-state index in [0.29, 0.717) is 38.6 Å². The fourth-order valence-electron chi connectivity index (χ4n) is 3.61. The van der Waals surface area contributed by atoms with Crippen LogP contribution in [-0.4, -0.2) is 67.7 Å². The summed E-state index contributed by atoms with van der Waals surface area (Å²) in [6.45, 7) is 6.43. The number of nitrogens with zero attached hydrogens (tertiary/aromatic N) is 3. The summed E-state index contributed by atoms with van der Waals surface area (Å²) in [5, 5.41) is 16.7. The van der Waals surface area contributed by atoms with E-state index >= 15 is 0 Å². The second-order valence-corrected chi connectivity index (χ2v) is 7.54. The van der Waals surface area contributed by atoms with Gasteiger partial charge in [0, 0.05) is 45.0 Å². The highest BCUT2D eigenvalue weighted by atomic mass is 127. The molecular formula is C24H34IN5O2. The molecule has 0 aliphatic carbocycles. The van der Waals surface area contributed by atoms with Gasteiger partial charge in [-0.25, -0.2) is 4.99 Å². The van der Waals surface area contributed by atoms with Gasteiger partial charge in [0.1, 0.15) is 6.54 Å². The number of nitrogens with one attached hydrogen (secondary N) is 2. The Labute approximate surface area is 207 Å². The molecule has 32 heavy (non-hydrogen) atoms. The highest BCUT2D eigenvalue weighted by Crippen LogP contribution is 2.16. The number of aliphatic hydroxyl groups is 1. The number of halogens is 1. The van der Waals surface area contributed by atoms with Crippen LogP contribution in [0.1, 0.15) is 25.0 Å². The molecule has 0 bridgehead atoms. The lowest BCUT2D eigenvalue weighted by molar-refractivity contribution is -0.129. The van der Waals surface area contributed by atoms with Crippen LogP contribution >= 0.6 is 24.0 Å². The molecule has 1 fully saturated rings. The minimum atomic E-state index is -0.529. The lowest BCUT2D eigenvalue weighted by Crippen LogP contribution is -2.49. The summed E-state index contributed by atoms with van der Waals surface area (Å²) in [7, 11) is 0. The van der Waals surface area contributed by atoms with E-state index in [1.54, 1.807) is 0 Å². The first-order valence-corrected chi connectivity index (χ1v) is 11.0. The molecular weight excluding hydrogens is 517 g/mol.